The van der Waals surface area contributed by atoms with Crippen LogP contribution < -0.4 is 35.0 Å². The quantitative estimate of drug-likeness (QED) is 0.126. The molecule has 0 unspecified atom stereocenters. The van der Waals surface area contributed by atoms with Gasteiger partial charge in [-0.05, 0) is 57.5 Å². The number of hydrogen-bond acceptors (Lipinski definition) is 10. The maximum atomic E-state index is 12.4. The summed E-state index contributed by atoms with van der Waals surface area (Å²) in [6.07, 6.45) is 0.302. The molecule has 0 spiro atoms. The van der Waals surface area contributed by atoms with E-state index in [1.807, 2.05) is 32.9 Å². The zero-order valence-electron chi connectivity index (χ0n) is 23.4. The van der Waals surface area contributed by atoms with E-state index in [1.54, 1.807) is 38.3 Å². The first-order valence-corrected chi connectivity index (χ1v) is 12.7. The molecule has 0 saturated carbocycles. The monoisotopic (exact) mass is 556 g/mol. The average molecular weight is 557 g/mol. The van der Waals surface area contributed by atoms with Gasteiger partial charge in [0.1, 0.15) is 6.61 Å². The average Bonchev–Trinajstić information content (AvgIpc) is 2.92. The Balaban J connectivity index is 1.71. The minimum absolute atomic E-state index is 0.0699. The largest absolute Gasteiger partial charge is 0.493 e. The number of amides is 2. The molecular weight excluding hydrogens is 520 g/mol. The Hall–Kier alpha value is -4.45. The number of urea groups is 1. The van der Waals surface area contributed by atoms with E-state index < -0.39 is 24.3 Å². The minimum Gasteiger partial charge on any atom is -0.493 e. The van der Waals surface area contributed by atoms with Crippen LogP contribution in [0.25, 0.3) is 0 Å². The highest BCUT2D eigenvalue weighted by molar-refractivity contribution is 5.95. The Morgan fingerprint density at radius 3 is 2.60 bits per heavy atom. The molecule has 2 aromatic carbocycles. The number of carbonyl (C=O) groups excluding carboxylic acids is 2. The summed E-state index contributed by atoms with van der Waals surface area (Å²) in [5, 5.41) is 19.8. The van der Waals surface area contributed by atoms with Crippen molar-refractivity contribution in [1.29, 1.82) is 0 Å². The molecule has 1 aliphatic heterocycles. The summed E-state index contributed by atoms with van der Waals surface area (Å²) in [6, 6.07) is 9.23. The molecule has 0 fully saturated rings. The van der Waals surface area contributed by atoms with Crippen LogP contribution in [0, 0.1) is 0 Å². The van der Waals surface area contributed by atoms with E-state index in [0.717, 1.165) is 0 Å². The molecule has 0 saturated heterocycles. The van der Waals surface area contributed by atoms with Crippen molar-refractivity contribution in [3.8, 4) is 23.0 Å². The fraction of sp³-hybridized carbons (Fsp3) is 0.393. The van der Waals surface area contributed by atoms with Gasteiger partial charge >= 0.3 is 12.0 Å². The van der Waals surface area contributed by atoms with E-state index >= 15 is 0 Å². The summed E-state index contributed by atoms with van der Waals surface area (Å²) < 4.78 is 27.7. The molecule has 4 N–H and O–H groups in total. The number of methoxy groups -OCH3 is 2. The number of para-hydroxylation sites is 1. The number of esters is 1. The van der Waals surface area contributed by atoms with E-state index in [1.165, 1.54) is 13.3 Å². The van der Waals surface area contributed by atoms with Crippen molar-refractivity contribution in [2.75, 3.05) is 27.4 Å². The van der Waals surface area contributed by atoms with Gasteiger partial charge in [0, 0.05) is 11.3 Å². The molecule has 2 aromatic rings. The maximum absolute atomic E-state index is 12.4. The molecule has 3 rings (SSSR count). The molecule has 1 heterocycles. The summed E-state index contributed by atoms with van der Waals surface area (Å²) in [7, 11) is 2.83. The first-order chi connectivity index (χ1) is 19.2. The first kappa shape index (κ1) is 30.1. The lowest BCUT2D eigenvalue weighted by Crippen LogP contribution is -2.45. The zero-order chi connectivity index (χ0) is 29.2. The van der Waals surface area contributed by atoms with Gasteiger partial charge < -0.3 is 39.4 Å². The second-order valence-electron chi connectivity index (χ2n) is 8.96. The van der Waals surface area contributed by atoms with E-state index in [-0.39, 0.29) is 18.3 Å². The molecule has 0 aromatic heterocycles. The third kappa shape index (κ3) is 7.56. The predicted molar refractivity (Wildman–Crippen MR) is 148 cm³/mol. The molecular formula is C28H36N4O8. The molecule has 12 heteroatoms. The summed E-state index contributed by atoms with van der Waals surface area (Å²) in [6.45, 7) is 7.45. The summed E-state index contributed by atoms with van der Waals surface area (Å²) in [5.41, 5.74) is 4.54. The molecule has 0 radical (unpaired) electrons. The summed E-state index contributed by atoms with van der Waals surface area (Å²) >= 11 is 0. The second-order valence-corrected chi connectivity index (χ2v) is 8.96. The van der Waals surface area contributed by atoms with Gasteiger partial charge in [0.2, 0.25) is 0 Å². The molecule has 2 amide bonds. The Kier molecular flexibility index (Phi) is 10.6. The number of nitrogens with zero attached hydrogens (tertiary/aromatic N) is 1. The van der Waals surface area contributed by atoms with Crippen LogP contribution in [0.2, 0.25) is 0 Å². The molecule has 0 bridgehead atoms. The molecule has 1 aliphatic rings. The summed E-state index contributed by atoms with van der Waals surface area (Å²) in [5.74, 6) is 1.28. The summed E-state index contributed by atoms with van der Waals surface area (Å²) in [4.78, 5) is 24.5. The molecule has 40 heavy (non-hydrogen) atoms. The number of carbonyl (C=O) groups is 2. The van der Waals surface area contributed by atoms with Crippen LogP contribution in [0.3, 0.4) is 0 Å². The number of allylic oxidation sites excluding steroid dienone is 1. The predicted octanol–water partition coefficient (Wildman–Crippen LogP) is 3.00. The first-order valence-electron chi connectivity index (χ1n) is 12.7. The highest BCUT2D eigenvalue weighted by Gasteiger charge is 2.32. The highest BCUT2D eigenvalue weighted by Crippen LogP contribution is 2.35. The van der Waals surface area contributed by atoms with Crippen molar-refractivity contribution in [2.24, 2.45) is 5.10 Å². The number of aliphatic hydroxyl groups excluding tert-OH is 1. The Labute approximate surface area is 233 Å². The molecule has 12 nitrogen and oxygen atoms in total. The van der Waals surface area contributed by atoms with Crippen LogP contribution in [0.1, 0.15) is 44.9 Å². The van der Waals surface area contributed by atoms with Crippen molar-refractivity contribution in [2.45, 2.75) is 46.1 Å². The van der Waals surface area contributed by atoms with Gasteiger partial charge in [-0.3, -0.25) is 5.43 Å². The van der Waals surface area contributed by atoms with Gasteiger partial charge in [0.15, 0.2) is 29.2 Å². The third-order valence-corrected chi connectivity index (χ3v) is 5.68. The minimum atomic E-state index is -1.15. The van der Waals surface area contributed by atoms with Crippen molar-refractivity contribution in [3.63, 3.8) is 0 Å². The van der Waals surface area contributed by atoms with E-state index in [2.05, 4.69) is 21.2 Å². The van der Waals surface area contributed by atoms with Gasteiger partial charge in [-0.1, -0.05) is 12.1 Å². The highest BCUT2D eigenvalue weighted by atomic mass is 16.5. The van der Waals surface area contributed by atoms with E-state index in [0.29, 0.717) is 46.4 Å². The topological polar surface area (TPSA) is 149 Å². The SMILES string of the molecule is CCOc1cc([C@H]2NC(=O)NC(C)=C2C(=O)OC)ccc1OC[C@@H](O)N/N=C/c1cccc(OC)c1OC(C)C. The van der Waals surface area contributed by atoms with Crippen LogP contribution in [0.15, 0.2) is 52.8 Å². The Bertz CT molecular complexity index is 1260. The second kappa shape index (κ2) is 14.1. The Morgan fingerprint density at radius 2 is 1.93 bits per heavy atom. The number of nitrogens with one attached hydrogen (secondary N) is 3. The van der Waals surface area contributed by atoms with Gasteiger partial charge in [0.05, 0.1) is 44.8 Å². The lowest BCUT2D eigenvalue weighted by molar-refractivity contribution is -0.136. The zero-order valence-corrected chi connectivity index (χ0v) is 23.4. The van der Waals surface area contributed by atoms with E-state index in [9.17, 15) is 14.7 Å². The van der Waals surface area contributed by atoms with Crippen molar-refractivity contribution in [1.82, 2.24) is 16.1 Å². The molecule has 0 aliphatic carbocycles. The van der Waals surface area contributed by atoms with Crippen LogP contribution >= 0.6 is 0 Å². The van der Waals surface area contributed by atoms with Gasteiger partial charge in [0.25, 0.3) is 0 Å². The van der Waals surface area contributed by atoms with Gasteiger partial charge in [-0.2, -0.15) is 5.10 Å². The maximum Gasteiger partial charge on any atom is 0.337 e. The van der Waals surface area contributed by atoms with Crippen LogP contribution in [0.4, 0.5) is 4.79 Å². The van der Waals surface area contributed by atoms with Crippen molar-refractivity contribution >= 4 is 18.2 Å². The number of rotatable bonds is 13. The fourth-order valence-corrected chi connectivity index (χ4v) is 3.97. The molecule has 2 atom stereocenters. The van der Waals surface area contributed by atoms with E-state index in [4.69, 9.17) is 23.7 Å². The number of benzene rings is 2. The lowest BCUT2D eigenvalue weighted by atomic mass is 9.95. The normalized spacial score (nSPS) is 15.8. The van der Waals surface area contributed by atoms with Gasteiger partial charge in [-0.25, -0.2) is 9.59 Å². The van der Waals surface area contributed by atoms with Crippen molar-refractivity contribution in [3.05, 3.63) is 58.8 Å². The van der Waals surface area contributed by atoms with Crippen LogP contribution in [0.5, 0.6) is 23.0 Å². The van der Waals surface area contributed by atoms with Gasteiger partial charge in [-0.15, -0.1) is 0 Å². The van der Waals surface area contributed by atoms with Crippen LogP contribution in [-0.2, 0) is 9.53 Å². The lowest BCUT2D eigenvalue weighted by Gasteiger charge is -2.28. The third-order valence-electron chi connectivity index (χ3n) is 5.68. The molecule has 216 valence electrons. The Morgan fingerprint density at radius 1 is 1.15 bits per heavy atom. The number of hydrazone groups is 1. The fourth-order valence-electron chi connectivity index (χ4n) is 3.97. The van der Waals surface area contributed by atoms with Crippen LogP contribution in [-0.4, -0.2) is 63.1 Å². The number of aliphatic hydroxyl groups is 1. The number of ether oxygens (including phenoxy) is 5. The number of hydrogen-bond donors (Lipinski definition) is 4. The van der Waals surface area contributed by atoms with Crippen molar-refractivity contribution < 1.29 is 38.4 Å². The smallest absolute Gasteiger partial charge is 0.337 e. The standard InChI is InChI=1S/C28H36N4O8/c1-7-38-22-13-18(25-24(27(34)37-6)17(4)30-28(35)31-25)11-12-20(22)39-15-23(33)32-29-14-19-9-8-10-21(36-5)26(19)40-16(2)3/h8-14,16,23,25,32-33H,7,15H2,1-6H3,(H2,30,31,35)/b29-14+/t23-,25-/m1/s1.